The van der Waals surface area contributed by atoms with E-state index in [0.29, 0.717) is 30.4 Å². The molecule has 6 nitrogen and oxygen atoms in total. The van der Waals surface area contributed by atoms with Crippen LogP contribution in [0.25, 0.3) is 0 Å². The molecule has 0 unspecified atom stereocenters. The number of aryl methyl sites for hydroxylation is 1. The topological polar surface area (TPSA) is 76.7 Å². The Hall–Kier alpha value is -1.60. The molecule has 0 saturated carbocycles. The molecule has 2 heterocycles. The molecule has 2 N–H and O–H groups in total. The lowest BCUT2D eigenvalue weighted by Gasteiger charge is -2.26. The summed E-state index contributed by atoms with van der Waals surface area (Å²) in [5, 5.41) is 7.76. The summed E-state index contributed by atoms with van der Waals surface area (Å²) < 4.78 is 9.95. The minimum absolute atomic E-state index is 0.0482. The summed E-state index contributed by atoms with van der Waals surface area (Å²) in [6, 6.07) is -0.284. The molecule has 1 fully saturated rings. The molecule has 0 aromatic carbocycles. The number of rotatable bonds is 4. The maximum Gasteiger partial charge on any atom is 0.341 e. The smallest absolute Gasteiger partial charge is 0.341 e. The average molecular weight is 284 g/mol. The Kier molecular flexibility index (Phi) is 4.39. The predicted octanol–water partition coefficient (Wildman–Crippen LogP) is 1.75. The summed E-state index contributed by atoms with van der Waals surface area (Å²) in [5.74, 6) is -0.413. The van der Waals surface area contributed by atoms with Crippen LogP contribution in [0, 0.1) is 6.92 Å². The first-order valence-electron chi connectivity index (χ1n) is 6.02. The maximum atomic E-state index is 11.8. The summed E-state index contributed by atoms with van der Waals surface area (Å²) in [4.78, 5) is 23.5. The van der Waals surface area contributed by atoms with Gasteiger partial charge in [-0.25, -0.2) is 9.59 Å². The van der Waals surface area contributed by atoms with E-state index >= 15 is 0 Å². The number of esters is 1. The number of ether oxygens (including phenoxy) is 2. The maximum absolute atomic E-state index is 11.8. The predicted molar refractivity (Wildman–Crippen MR) is 71.8 cm³/mol. The van der Waals surface area contributed by atoms with Gasteiger partial charge in [-0.3, -0.25) is 5.32 Å². The molecule has 2 rings (SSSR count). The van der Waals surface area contributed by atoms with Gasteiger partial charge < -0.3 is 14.8 Å². The molecule has 1 aliphatic heterocycles. The van der Waals surface area contributed by atoms with Gasteiger partial charge in [-0.1, -0.05) is 0 Å². The molecule has 1 aromatic heterocycles. The Morgan fingerprint density at radius 2 is 2.26 bits per heavy atom. The molecule has 19 heavy (non-hydrogen) atoms. The normalized spacial score (nSPS) is 14.6. The van der Waals surface area contributed by atoms with Crippen molar-refractivity contribution in [1.82, 2.24) is 5.32 Å². The number of nitrogens with one attached hydrogen (secondary N) is 2. The number of amides is 2. The largest absolute Gasteiger partial charge is 0.462 e. The number of hydrogen-bond donors (Lipinski definition) is 2. The van der Waals surface area contributed by atoms with Crippen molar-refractivity contribution in [2.45, 2.75) is 19.9 Å². The quantitative estimate of drug-likeness (QED) is 0.826. The molecule has 104 valence electrons. The second kappa shape index (κ2) is 6.03. The Labute approximate surface area is 115 Å². The van der Waals surface area contributed by atoms with Gasteiger partial charge >= 0.3 is 12.0 Å². The second-order valence-corrected chi connectivity index (χ2v) is 5.06. The highest BCUT2D eigenvalue weighted by atomic mass is 32.1. The van der Waals surface area contributed by atoms with Gasteiger partial charge in [0.25, 0.3) is 0 Å². The van der Waals surface area contributed by atoms with E-state index in [-0.39, 0.29) is 12.1 Å². The van der Waals surface area contributed by atoms with Crippen LogP contribution in [-0.2, 0) is 9.47 Å². The van der Waals surface area contributed by atoms with Gasteiger partial charge in [0, 0.05) is 0 Å². The van der Waals surface area contributed by atoms with Gasteiger partial charge in [-0.15, -0.1) is 11.3 Å². The van der Waals surface area contributed by atoms with Crippen molar-refractivity contribution < 1.29 is 19.1 Å². The van der Waals surface area contributed by atoms with E-state index in [1.54, 1.807) is 6.92 Å². The highest BCUT2D eigenvalue weighted by molar-refractivity contribution is 7.15. The number of thiophene rings is 1. The molecule has 0 spiro atoms. The van der Waals surface area contributed by atoms with Crippen LogP contribution in [0.1, 0.15) is 22.8 Å². The van der Waals surface area contributed by atoms with Crippen molar-refractivity contribution in [1.29, 1.82) is 0 Å². The van der Waals surface area contributed by atoms with Crippen LogP contribution in [-0.4, -0.2) is 37.9 Å². The van der Waals surface area contributed by atoms with Crippen LogP contribution in [0.3, 0.4) is 0 Å². The highest BCUT2D eigenvalue weighted by Gasteiger charge is 2.23. The first-order valence-corrected chi connectivity index (χ1v) is 6.90. The van der Waals surface area contributed by atoms with Gasteiger partial charge in [0.1, 0.15) is 5.00 Å². The number of carbonyl (C=O) groups excluding carboxylic acids is 2. The van der Waals surface area contributed by atoms with E-state index in [9.17, 15) is 9.59 Å². The van der Waals surface area contributed by atoms with Crippen LogP contribution in [0.4, 0.5) is 9.80 Å². The Bertz CT molecular complexity index is 482. The average Bonchev–Trinajstić information content (AvgIpc) is 2.65. The third-order valence-corrected chi connectivity index (χ3v) is 3.67. The third-order valence-electron chi connectivity index (χ3n) is 2.65. The van der Waals surface area contributed by atoms with E-state index in [0.717, 1.165) is 5.56 Å². The zero-order valence-electron chi connectivity index (χ0n) is 10.8. The van der Waals surface area contributed by atoms with Crippen molar-refractivity contribution in [2.75, 3.05) is 25.1 Å². The molecular weight excluding hydrogens is 268 g/mol. The highest BCUT2D eigenvalue weighted by Crippen LogP contribution is 2.28. The summed E-state index contributed by atoms with van der Waals surface area (Å²) in [5.41, 5.74) is 1.22. The molecule has 0 radical (unpaired) electrons. The van der Waals surface area contributed by atoms with Crippen LogP contribution in [0.15, 0.2) is 5.38 Å². The fourth-order valence-electron chi connectivity index (χ4n) is 1.64. The summed E-state index contributed by atoms with van der Waals surface area (Å²) in [6.07, 6.45) is 0. The molecule has 0 aliphatic carbocycles. The standard InChI is InChI=1S/C12H16N2O4S/c1-3-18-11(15)9-7(2)6-19-10(9)14-12(16)13-8-4-17-5-8/h6,8H,3-5H2,1-2H3,(H2,13,14,16). The fraction of sp³-hybridized carbons (Fsp3) is 0.500. The summed E-state index contributed by atoms with van der Waals surface area (Å²) >= 11 is 1.31. The van der Waals surface area contributed by atoms with Crippen LogP contribution in [0.2, 0.25) is 0 Å². The zero-order valence-corrected chi connectivity index (χ0v) is 11.6. The molecule has 2 amide bonds. The first kappa shape index (κ1) is 13.8. The third kappa shape index (κ3) is 3.24. The van der Waals surface area contributed by atoms with Gasteiger partial charge in [0.2, 0.25) is 0 Å². The Morgan fingerprint density at radius 3 is 2.84 bits per heavy atom. The molecule has 7 heteroatoms. The number of urea groups is 1. The number of hydrogen-bond acceptors (Lipinski definition) is 5. The SMILES string of the molecule is CCOC(=O)c1c(C)csc1NC(=O)NC1COC1. The Balaban J connectivity index is 2.02. The fourth-order valence-corrected chi connectivity index (χ4v) is 2.56. The van der Waals surface area contributed by atoms with Crippen molar-refractivity contribution >= 4 is 28.3 Å². The van der Waals surface area contributed by atoms with E-state index in [1.807, 2.05) is 12.3 Å². The minimum Gasteiger partial charge on any atom is -0.462 e. The van der Waals surface area contributed by atoms with Crippen molar-refractivity contribution in [2.24, 2.45) is 0 Å². The van der Waals surface area contributed by atoms with Crippen LogP contribution < -0.4 is 10.6 Å². The van der Waals surface area contributed by atoms with E-state index < -0.39 is 5.97 Å². The summed E-state index contributed by atoms with van der Waals surface area (Å²) in [6.45, 7) is 4.92. The minimum atomic E-state index is -0.413. The molecule has 1 aromatic rings. The Morgan fingerprint density at radius 1 is 1.53 bits per heavy atom. The lowest BCUT2D eigenvalue weighted by Crippen LogP contribution is -2.50. The lowest BCUT2D eigenvalue weighted by molar-refractivity contribution is 0.000736. The van der Waals surface area contributed by atoms with Crippen LogP contribution in [0.5, 0.6) is 0 Å². The first-order chi connectivity index (χ1) is 9.11. The van der Waals surface area contributed by atoms with Crippen molar-refractivity contribution in [3.63, 3.8) is 0 Å². The van der Waals surface area contributed by atoms with Crippen molar-refractivity contribution in [3.8, 4) is 0 Å². The summed E-state index contributed by atoms with van der Waals surface area (Å²) in [7, 11) is 0. The van der Waals surface area contributed by atoms with E-state index in [1.165, 1.54) is 11.3 Å². The molecule has 0 bridgehead atoms. The van der Waals surface area contributed by atoms with Gasteiger partial charge in [0.05, 0.1) is 31.4 Å². The molecule has 1 saturated heterocycles. The van der Waals surface area contributed by atoms with Gasteiger partial charge in [-0.2, -0.15) is 0 Å². The van der Waals surface area contributed by atoms with Gasteiger partial charge in [-0.05, 0) is 24.8 Å². The monoisotopic (exact) mass is 284 g/mol. The van der Waals surface area contributed by atoms with Crippen LogP contribution >= 0.6 is 11.3 Å². The van der Waals surface area contributed by atoms with Crippen molar-refractivity contribution in [3.05, 3.63) is 16.5 Å². The lowest BCUT2D eigenvalue weighted by atomic mass is 10.2. The second-order valence-electron chi connectivity index (χ2n) is 4.18. The van der Waals surface area contributed by atoms with E-state index in [4.69, 9.17) is 9.47 Å². The zero-order chi connectivity index (χ0) is 13.8. The molecular formula is C12H16N2O4S. The number of anilines is 1. The molecule has 0 atom stereocenters. The van der Waals surface area contributed by atoms with E-state index in [2.05, 4.69) is 10.6 Å². The molecule has 1 aliphatic rings. The number of carbonyl (C=O) groups is 2. The van der Waals surface area contributed by atoms with Gasteiger partial charge in [0.15, 0.2) is 0 Å².